The topological polar surface area (TPSA) is 20.3 Å². The average Bonchev–Trinajstić information content (AvgIpc) is 3.11. The summed E-state index contributed by atoms with van der Waals surface area (Å²) in [7, 11) is 0. The van der Waals surface area contributed by atoms with Crippen LogP contribution in [-0.2, 0) is 17.5 Å². The molecule has 124 valence electrons. The van der Waals surface area contributed by atoms with Gasteiger partial charge in [0.15, 0.2) is 0 Å². The quantitative estimate of drug-likeness (QED) is 0.537. The molecule has 1 saturated heterocycles. The van der Waals surface area contributed by atoms with E-state index in [9.17, 15) is 18.0 Å². The number of benzene rings is 1. The molecule has 3 rings (SSSR count). The van der Waals surface area contributed by atoms with Crippen molar-refractivity contribution < 1.29 is 18.0 Å². The van der Waals surface area contributed by atoms with Gasteiger partial charge < -0.3 is 0 Å². The highest BCUT2D eigenvalue weighted by Gasteiger charge is 2.33. The second-order valence-corrected chi connectivity index (χ2v) is 7.64. The molecular weight excluding hydrogens is 375 g/mol. The van der Waals surface area contributed by atoms with E-state index >= 15 is 0 Å². The van der Waals surface area contributed by atoms with Gasteiger partial charge in [-0.3, -0.25) is 9.69 Å². The minimum Gasteiger partial charge on any atom is -0.288 e. The Labute approximate surface area is 150 Å². The van der Waals surface area contributed by atoms with E-state index in [1.165, 1.54) is 22.3 Å². The Morgan fingerprint density at radius 3 is 2.67 bits per heavy atom. The molecule has 0 spiro atoms. The zero-order chi connectivity index (χ0) is 17.3. The third-order valence-corrected chi connectivity index (χ3v) is 5.48. The van der Waals surface area contributed by atoms with Crippen LogP contribution in [-0.4, -0.2) is 15.1 Å². The van der Waals surface area contributed by atoms with Crippen molar-refractivity contribution in [2.75, 3.05) is 0 Å². The highest BCUT2D eigenvalue weighted by atomic mass is 32.2. The molecule has 0 unspecified atom stereocenters. The maximum atomic E-state index is 12.8. The summed E-state index contributed by atoms with van der Waals surface area (Å²) in [4.78, 5) is 15.2. The standard InChI is InChI=1S/C16H10F3NOS3/c17-16(18,19)11-4-1-3-10(7-11)9-20-14(21)13(24-15(20)22)8-12-5-2-6-23-12/h1-8H,9H2/b13-8-. The van der Waals surface area contributed by atoms with Crippen LogP contribution in [0.4, 0.5) is 13.2 Å². The maximum absolute atomic E-state index is 12.8. The van der Waals surface area contributed by atoms with E-state index in [-0.39, 0.29) is 12.5 Å². The van der Waals surface area contributed by atoms with Gasteiger partial charge in [-0.2, -0.15) is 13.2 Å². The second kappa shape index (κ2) is 6.70. The molecule has 0 atom stereocenters. The molecule has 2 aromatic rings. The monoisotopic (exact) mass is 385 g/mol. The second-order valence-electron chi connectivity index (χ2n) is 4.98. The van der Waals surface area contributed by atoms with Crippen LogP contribution < -0.4 is 0 Å². The van der Waals surface area contributed by atoms with Crippen molar-refractivity contribution in [3.05, 3.63) is 62.7 Å². The molecule has 0 N–H and O–H groups in total. The van der Waals surface area contributed by atoms with Crippen molar-refractivity contribution >= 4 is 51.6 Å². The Morgan fingerprint density at radius 2 is 2.00 bits per heavy atom. The lowest BCUT2D eigenvalue weighted by Gasteiger charge is -2.15. The number of hydrogen-bond donors (Lipinski definition) is 0. The lowest BCUT2D eigenvalue weighted by Crippen LogP contribution is -2.27. The SMILES string of the molecule is O=C1/C(=C/c2cccs2)SC(=S)N1Cc1cccc(C(F)(F)F)c1. The van der Waals surface area contributed by atoms with E-state index < -0.39 is 11.7 Å². The molecule has 0 bridgehead atoms. The summed E-state index contributed by atoms with van der Waals surface area (Å²) in [5.41, 5.74) is -0.349. The molecular formula is C16H10F3NOS3. The summed E-state index contributed by atoms with van der Waals surface area (Å²) < 4.78 is 38.7. The van der Waals surface area contributed by atoms with Gasteiger partial charge in [-0.15, -0.1) is 11.3 Å². The minimum atomic E-state index is -4.41. The molecule has 2 nitrogen and oxygen atoms in total. The van der Waals surface area contributed by atoms with Gasteiger partial charge >= 0.3 is 6.18 Å². The molecule has 1 amide bonds. The normalized spacial score (nSPS) is 17.1. The molecule has 24 heavy (non-hydrogen) atoms. The summed E-state index contributed by atoms with van der Waals surface area (Å²) >= 11 is 7.86. The molecule has 1 aromatic heterocycles. The van der Waals surface area contributed by atoms with Crippen molar-refractivity contribution in [3.63, 3.8) is 0 Å². The van der Waals surface area contributed by atoms with Crippen molar-refractivity contribution in [2.45, 2.75) is 12.7 Å². The highest BCUT2D eigenvalue weighted by molar-refractivity contribution is 8.26. The fourth-order valence-corrected chi connectivity index (χ4v) is 4.15. The van der Waals surface area contributed by atoms with Crippen molar-refractivity contribution in [3.8, 4) is 0 Å². The number of amides is 1. The largest absolute Gasteiger partial charge is 0.416 e. The third kappa shape index (κ3) is 3.71. The molecule has 1 aromatic carbocycles. The van der Waals surface area contributed by atoms with E-state index in [0.717, 1.165) is 28.8 Å². The molecule has 0 saturated carbocycles. The highest BCUT2D eigenvalue weighted by Crippen LogP contribution is 2.35. The van der Waals surface area contributed by atoms with E-state index in [1.54, 1.807) is 12.1 Å². The van der Waals surface area contributed by atoms with Gasteiger partial charge in [-0.1, -0.05) is 42.2 Å². The van der Waals surface area contributed by atoms with E-state index in [0.29, 0.717) is 14.8 Å². The summed E-state index contributed by atoms with van der Waals surface area (Å²) in [6.07, 6.45) is -2.67. The average molecular weight is 385 g/mol. The Morgan fingerprint density at radius 1 is 1.21 bits per heavy atom. The number of thiophene rings is 1. The summed E-state index contributed by atoms with van der Waals surface area (Å²) in [5.74, 6) is -0.282. The number of alkyl halides is 3. The Kier molecular flexibility index (Phi) is 4.80. The predicted molar refractivity (Wildman–Crippen MR) is 94.5 cm³/mol. The van der Waals surface area contributed by atoms with Gasteiger partial charge in [-0.05, 0) is 35.2 Å². The molecule has 1 aliphatic rings. The number of thioether (sulfide) groups is 1. The third-order valence-electron chi connectivity index (χ3n) is 3.29. The first kappa shape index (κ1) is 17.2. The van der Waals surface area contributed by atoms with Crippen molar-refractivity contribution in [2.24, 2.45) is 0 Å². The zero-order valence-electron chi connectivity index (χ0n) is 12.0. The lowest BCUT2D eigenvalue weighted by atomic mass is 10.1. The minimum absolute atomic E-state index is 0.0242. The number of rotatable bonds is 3. The molecule has 1 aliphatic heterocycles. The van der Waals surface area contributed by atoms with Crippen LogP contribution in [0.25, 0.3) is 6.08 Å². The number of nitrogens with zero attached hydrogens (tertiary/aromatic N) is 1. The number of halogens is 3. The van der Waals surface area contributed by atoms with E-state index in [4.69, 9.17) is 12.2 Å². The van der Waals surface area contributed by atoms with Crippen LogP contribution in [0.5, 0.6) is 0 Å². The van der Waals surface area contributed by atoms with Gasteiger partial charge in [-0.25, -0.2) is 0 Å². The molecule has 1 fully saturated rings. The zero-order valence-corrected chi connectivity index (χ0v) is 14.5. The number of carbonyl (C=O) groups excluding carboxylic acids is 1. The van der Waals surface area contributed by atoms with Gasteiger partial charge in [0, 0.05) is 4.88 Å². The first-order valence-electron chi connectivity index (χ1n) is 6.79. The van der Waals surface area contributed by atoms with E-state index in [2.05, 4.69) is 0 Å². The molecule has 2 heterocycles. The number of carbonyl (C=O) groups is 1. The fourth-order valence-electron chi connectivity index (χ4n) is 2.17. The summed E-state index contributed by atoms with van der Waals surface area (Å²) in [5, 5.41) is 1.90. The van der Waals surface area contributed by atoms with Gasteiger partial charge in [0.2, 0.25) is 0 Å². The maximum Gasteiger partial charge on any atom is 0.416 e. The molecule has 0 radical (unpaired) electrons. The summed E-state index contributed by atoms with van der Waals surface area (Å²) in [6, 6.07) is 8.68. The number of hydrogen-bond acceptors (Lipinski definition) is 4. The van der Waals surface area contributed by atoms with Crippen LogP contribution in [0.1, 0.15) is 16.0 Å². The Bertz CT molecular complexity index is 812. The van der Waals surface area contributed by atoms with Crippen molar-refractivity contribution in [1.29, 1.82) is 0 Å². The first-order chi connectivity index (χ1) is 11.3. The van der Waals surface area contributed by atoms with Crippen LogP contribution in [0.15, 0.2) is 46.7 Å². The van der Waals surface area contributed by atoms with Gasteiger partial charge in [0.05, 0.1) is 17.0 Å². The molecule has 0 aliphatic carbocycles. The van der Waals surface area contributed by atoms with Crippen LogP contribution in [0.3, 0.4) is 0 Å². The lowest BCUT2D eigenvalue weighted by molar-refractivity contribution is -0.137. The van der Waals surface area contributed by atoms with Crippen LogP contribution in [0.2, 0.25) is 0 Å². The van der Waals surface area contributed by atoms with Gasteiger partial charge in [0.1, 0.15) is 4.32 Å². The van der Waals surface area contributed by atoms with Crippen LogP contribution in [0, 0.1) is 0 Å². The van der Waals surface area contributed by atoms with Crippen molar-refractivity contribution in [1.82, 2.24) is 4.90 Å². The van der Waals surface area contributed by atoms with E-state index in [1.807, 2.05) is 17.5 Å². The number of thiocarbonyl (C=S) groups is 1. The Balaban J connectivity index is 1.81. The smallest absolute Gasteiger partial charge is 0.288 e. The first-order valence-corrected chi connectivity index (χ1v) is 8.90. The van der Waals surface area contributed by atoms with Crippen LogP contribution >= 0.6 is 35.3 Å². The fraction of sp³-hybridized carbons (Fsp3) is 0.125. The Hall–Kier alpha value is -1.64. The predicted octanol–water partition coefficient (Wildman–Crippen LogP) is 5.17. The summed E-state index contributed by atoms with van der Waals surface area (Å²) in [6.45, 7) is 0.0242. The molecule has 8 heteroatoms. The van der Waals surface area contributed by atoms with Gasteiger partial charge in [0.25, 0.3) is 5.91 Å².